The molecule has 0 N–H and O–H groups in total. The Balaban J connectivity index is 1.63. The second-order valence-electron chi connectivity index (χ2n) is 6.00. The van der Waals surface area contributed by atoms with E-state index >= 15 is 0 Å². The minimum atomic E-state index is -0.205. The molecule has 1 saturated heterocycles. The second kappa shape index (κ2) is 8.06. The molecule has 0 amide bonds. The van der Waals surface area contributed by atoms with Crippen LogP contribution in [0.2, 0.25) is 0 Å². The highest BCUT2D eigenvalue weighted by molar-refractivity contribution is 5.75. The molecule has 2 heterocycles. The van der Waals surface area contributed by atoms with Crippen LogP contribution in [0.4, 0.5) is 0 Å². The van der Waals surface area contributed by atoms with Crippen LogP contribution in [-0.4, -0.2) is 40.2 Å². The molecule has 0 unspecified atom stereocenters. The molecule has 128 valence electrons. The number of carbonyl (C=O) groups excluding carboxylic acids is 1. The highest BCUT2D eigenvalue weighted by Crippen LogP contribution is 2.20. The molecule has 0 radical (unpaired) electrons. The number of nitrogens with zero attached hydrogens (tertiary/aromatic N) is 3. The van der Waals surface area contributed by atoms with Gasteiger partial charge in [-0.05, 0) is 31.9 Å². The first-order chi connectivity index (χ1) is 11.8. The van der Waals surface area contributed by atoms with Crippen LogP contribution in [-0.2, 0) is 22.5 Å². The lowest BCUT2D eigenvalue weighted by atomic mass is 10.0. The summed E-state index contributed by atoms with van der Waals surface area (Å²) < 4.78 is 10.6. The third kappa shape index (κ3) is 4.20. The molecule has 1 aromatic heterocycles. The average Bonchev–Trinajstić information content (AvgIpc) is 3.03. The summed E-state index contributed by atoms with van der Waals surface area (Å²) in [5.74, 6) is 1.07. The van der Waals surface area contributed by atoms with Gasteiger partial charge in [0.1, 0.15) is 6.04 Å². The Morgan fingerprint density at radius 2 is 2.17 bits per heavy atom. The number of esters is 1. The molecule has 6 nitrogen and oxygen atoms in total. The standard InChI is InChI=1S/C18H23N3O3/c1-2-23-18(22)15-10-6-7-11-21(15)13-17-19-16(20-24-17)12-14-8-4-3-5-9-14/h3-5,8-9,15H,2,6-7,10-13H2,1H3/t15-/m0/s1. The average molecular weight is 329 g/mol. The van der Waals surface area contributed by atoms with Crippen LogP contribution in [0.25, 0.3) is 0 Å². The van der Waals surface area contributed by atoms with Gasteiger partial charge in [-0.15, -0.1) is 0 Å². The SMILES string of the molecule is CCOC(=O)[C@@H]1CCCCN1Cc1nc(Cc2ccccc2)no1. The molecule has 1 aromatic carbocycles. The van der Waals surface area contributed by atoms with E-state index in [0.717, 1.165) is 31.4 Å². The van der Waals surface area contributed by atoms with Crippen LogP contribution in [0.5, 0.6) is 0 Å². The molecule has 1 atom stereocenters. The quantitative estimate of drug-likeness (QED) is 0.759. The number of piperidine rings is 1. The second-order valence-corrected chi connectivity index (χ2v) is 6.00. The largest absolute Gasteiger partial charge is 0.465 e. The number of hydrogen-bond acceptors (Lipinski definition) is 6. The van der Waals surface area contributed by atoms with E-state index in [4.69, 9.17) is 9.26 Å². The van der Waals surface area contributed by atoms with E-state index in [-0.39, 0.29) is 12.0 Å². The number of hydrogen-bond donors (Lipinski definition) is 0. The molecular formula is C18H23N3O3. The van der Waals surface area contributed by atoms with Crippen molar-refractivity contribution in [3.05, 3.63) is 47.6 Å². The lowest BCUT2D eigenvalue weighted by molar-refractivity contribution is -0.151. The van der Waals surface area contributed by atoms with Crippen molar-refractivity contribution in [1.82, 2.24) is 15.0 Å². The molecule has 0 saturated carbocycles. The highest BCUT2D eigenvalue weighted by atomic mass is 16.5. The van der Waals surface area contributed by atoms with Gasteiger partial charge in [0, 0.05) is 6.42 Å². The Morgan fingerprint density at radius 1 is 1.33 bits per heavy atom. The van der Waals surface area contributed by atoms with Gasteiger partial charge in [0.15, 0.2) is 5.82 Å². The van der Waals surface area contributed by atoms with E-state index in [9.17, 15) is 4.79 Å². The maximum atomic E-state index is 12.1. The monoisotopic (exact) mass is 329 g/mol. The molecule has 1 aliphatic rings. The molecule has 1 fully saturated rings. The van der Waals surface area contributed by atoms with Crippen LogP contribution in [0, 0.1) is 0 Å². The Hall–Kier alpha value is -2.21. The van der Waals surface area contributed by atoms with Gasteiger partial charge in [0.05, 0.1) is 13.2 Å². The number of benzene rings is 1. The molecule has 0 bridgehead atoms. The van der Waals surface area contributed by atoms with Crippen LogP contribution in [0.3, 0.4) is 0 Å². The van der Waals surface area contributed by atoms with Gasteiger partial charge in [-0.25, -0.2) is 0 Å². The molecular weight excluding hydrogens is 306 g/mol. The van der Waals surface area contributed by atoms with Crippen LogP contribution < -0.4 is 0 Å². The van der Waals surface area contributed by atoms with E-state index < -0.39 is 0 Å². The summed E-state index contributed by atoms with van der Waals surface area (Å²) in [5.41, 5.74) is 1.15. The number of aromatic nitrogens is 2. The predicted octanol–water partition coefficient (Wildman–Crippen LogP) is 2.58. The van der Waals surface area contributed by atoms with Gasteiger partial charge < -0.3 is 9.26 Å². The normalized spacial score (nSPS) is 18.5. The number of likely N-dealkylation sites (tertiary alicyclic amines) is 1. The zero-order chi connectivity index (χ0) is 16.8. The van der Waals surface area contributed by atoms with Crippen molar-refractivity contribution < 1.29 is 14.1 Å². The van der Waals surface area contributed by atoms with Gasteiger partial charge in [0.2, 0.25) is 5.89 Å². The fraction of sp³-hybridized carbons (Fsp3) is 0.500. The summed E-state index contributed by atoms with van der Waals surface area (Å²) >= 11 is 0. The first kappa shape index (κ1) is 16.6. The van der Waals surface area contributed by atoms with Gasteiger partial charge in [0.25, 0.3) is 0 Å². The number of rotatable bonds is 6. The van der Waals surface area contributed by atoms with E-state index in [1.54, 1.807) is 0 Å². The third-order valence-electron chi connectivity index (χ3n) is 4.23. The van der Waals surface area contributed by atoms with Crippen molar-refractivity contribution in [2.75, 3.05) is 13.2 Å². The highest BCUT2D eigenvalue weighted by Gasteiger charge is 2.30. The fourth-order valence-electron chi connectivity index (χ4n) is 3.06. The summed E-state index contributed by atoms with van der Waals surface area (Å²) in [5, 5.41) is 4.05. The zero-order valence-electron chi connectivity index (χ0n) is 14.0. The van der Waals surface area contributed by atoms with Crippen molar-refractivity contribution in [3.8, 4) is 0 Å². The Bertz CT molecular complexity index is 657. The van der Waals surface area contributed by atoms with Gasteiger partial charge in [-0.3, -0.25) is 9.69 Å². The molecule has 3 rings (SSSR count). The van der Waals surface area contributed by atoms with Gasteiger partial charge in [-0.2, -0.15) is 4.98 Å². The van der Waals surface area contributed by atoms with Crippen molar-refractivity contribution >= 4 is 5.97 Å². The van der Waals surface area contributed by atoms with E-state index in [2.05, 4.69) is 15.0 Å². The minimum Gasteiger partial charge on any atom is -0.465 e. The zero-order valence-corrected chi connectivity index (χ0v) is 14.0. The van der Waals surface area contributed by atoms with Crippen molar-refractivity contribution in [2.24, 2.45) is 0 Å². The van der Waals surface area contributed by atoms with E-state index in [0.29, 0.717) is 31.3 Å². The van der Waals surface area contributed by atoms with Crippen molar-refractivity contribution in [3.63, 3.8) is 0 Å². The smallest absolute Gasteiger partial charge is 0.323 e. The first-order valence-corrected chi connectivity index (χ1v) is 8.52. The lowest BCUT2D eigenvalue weighted by Crippen LogP contribution is -2.45. The molecule has 1 aliphatic heterocycles. The van der Waals surface area contributed by atoms with E-state index in [1.807, 2.05) is 37.3 Å². The predicted molar refractivity (Wildman–Crippen MR) is 88.2 cm³/mol. The Kier molecular flexibility index (Phi) is 5.59. The molecule has 2 aromatic rings. The molecule has 0 aliphatic carbocycles. The Labute approximate surface area is 141 Å². The lowest BCUT2D eigenvalue weighted by Gasteiger charge is -2.32. The van der Waals surface area contributed by atoms with Crippen LogP contribution >= 0.6 is 0 Å². The van der Waals surface area contributed by atoms with Gasteiger partial charge >= 0.3 is 5.97 Å². The van der Waals surface area contributed by atoms with Gasteiger partial charge in [-0.1, -0.05) is 41.9 Å². The molecule has 6 heteroatoms. The summed E-state index contributed by atoms with van der Waals surface area (Å²) in [6.07, 6.45) is 3.58. The van der Waals surface area contributed by atoms with Crippen LogP contribution in [0.1, 0.15) is 43.5 Å². The molecule has 0 spiro atoms. The summed E-state index contributed by atoms with van der Waals surface area (Å²) in [7, 11) is 0. The first-order valence-electron chi connectivity index (χ1n) is 8.52. The maximum absolute atomic E-state index is 12.1. The van der Waals surface area contributed by atoms with Crippen molar-refractivity contribution in [1.29, 1.82) is 0 Å². The minimum absolute atomic E-state index is 0.152. The van der Waals surface area contributed by atoms with Crippen LogP contribution in [0.15, 0.2) is 34.9 Å². The number of ether oxygens (including phenoxy) is 1. The Morgan fingerprint density at radius 3 is 2.96 bits per heavy atom. The maximum Gasteiger partial charge on any atom is 0.323 e. The summed E-state index contributed by atoms with van der Waals surface area (Å²) in [4.78, 5) is 18.7. The number of carbonyl (C=O) groups is 1. The summed E-state index contributed by atoms with van der Waals surface area (Å²) in [6, 6.07) is 9.84. The van der Waals surface area contributed by atoms with Crippen molar-refractivity contribution in [2.45, 2.75) is 45.2 Å². The third-order valence-corrected chi connectivity index (χ3v) is 4.23. The molecule has 24 heavy (non-hydrogen) atoms. The summed E-state index contributed by atoms with van der Waals surface area (Å²) in [6.45, 7) is 3.58. The topological polar surface area (TPSA) is 68.5 Å². The fourth-order valence-corrected chi connectivity index (χ4v) is 3.06. The van der Waals surface area contributed by atoms with E-state index in [1.165, 1.54) is 0 Å².